The number of rotatable bonds is 8. The Bertz CT molecular complexity index is 255. The van der Waals surface area contributed by atoms with Crippen LogP contribution in [-0.4, -0.2) is 81.8 Å². The molecule has 0 bridgehead atoms. The van der Waals surface area contributed by atoms with Gasteiger partial charge in [0.25, 0.3) is 0 Å². The van der Waals surface area contributed by atoms with E-state index < -0.39 is 6.04 Å². The zero-order chi connectivity index (χ0) is 14.1. The van der Waals surface area contributed by atoms with Crippen LogP contribution in [0, 0.1) is 0 Å². The van der Waals surface area contributed by atoms with Gasteiger partial charge in [-0.25, -0.2) is 0 Å². The molecule has 1 aliphatic heterocycles. The van der Waals surface area contributed by atoms with Gasteiger partial charge in [-0.1, -0.05) is 0 Å². The molecule has 1 atom stereocenters. The molecule has 1 amide bonds. The van der Waals surface area contributed by atoms with Gasteiger partial charge in [-0.3, -0.25) is 9.69 Å². The van der Waals surface area contributed by atoms with Crippen LogP contribution in [0.15, 0.2) is 0 Å². The normalized spacial score (nSPS) is 19.3. The average molecular weight is 272 g/mol. The van der Waals surface area contributed by atoms with E-state index in [1.54, 1.807) is 7.11 Å². The van der Waals surface area contributed by atoms with E-state index in [9.17, 15) is 4.79 Å². The van der Waals surface area contributed by atoms with E-state index in [1.807, 2.05) is 0 Å². The van der Waals surface area contributed by atoms with Gasteiger partial charge in [0.05, 0.1) is 6.04 Å². The van der Waals surface area contributed by atoms with Crippen molar-refractivity contribution < 1.29 is 9.53 Å². The lowest BCUT2D eigenvalue weighted by molar-refractivity contribution is -0.122. The van der Waals surface area contributed by atoms with E-state index >= 15 is 0 Å². The van der Waals surface area contributed by atoms with E-state index in [0.717, 1.165) is 39.1 Å². The third-order valence-electron chi connectivity index (χ3n) is 3.52. The molecular formula is C13H28N4O2. The lowest BCUT2D eigenvalue weighted by Gasteiger charge is -2.32. The second kappa shape index (κ2) is 9.25. The number of nitrogens with two attached hydrogens (primary N) is 1. The molecule has 6 nitrogen and oxygen atoms in total. The molecule has 0 aliphatic carbocycles. The van der Waals surface area contributed by atoms with Gasteiger partial charge in [-0.15, -0.1) is 0 Å². The minimum atomic E-state index is -0.414. The summed E-state index contributed by atoms with van der Waals surface area (Å²) in [5, 5.41) is 2.91. The fraction of sp³-hybridized carbons (Fsp3) is 0.923. The Morgan fingerprint density at radius 1 is 1.37 bits per heavy atom. The molecular weight excluding hydrogens is 244 g/mol. The summed E-state index contributed by atoms with van der Waals surface area (Å²) in [7, 11) is 3.79. The van der Waals surface area contributed by atoms with Crippen LogP contribution in [0.1, 0.15) is 12.8 Å². The Morgan fingerprint density at radius 3 is 2.68 bits per heavy atom. The Labute approximate surface area is 116 Å². The quantitative estimate of drug-likeness (QED) is 0.561. The molecule has 112 valence electrons. The summed E-state index contributed by atoms with van der Waals surface area (Å²) in [6.07, 6.45) is 1.50. The van der Waals surface area contributed by atoms with Crippen LogP contribution in [0.3, 0.4) is 0 Å². The first-order valence-corrected chi connectivity index (χ1v) is 7.06. The molecule has 3 N–H and O–H groups in total. The number of carbonyl (C=O) groups is 1. The van der Waals surface area contributed by atoms with Crippen molar-refractivity contribution in [1.82, 2.24) is 15.1 Å². The van der Waals surface area contributed by atoms with Crippen LogP contribution in [0.4, 0.5) is 0 Å². The summed E-state index contributed by atoms with van der Waals surface area (Å²) in [5.41, 5.74) is 5.81. The molecule has 19 heavy (non-hydrogen) atoms. The molecule has 0 saturated carbocycles. The van der Waals surface area contributed by atoms with E-state index in [1.165, 1.54) is 0 Å². The maximum atomic E-state index is 11.7. The number of methoxy groups -OCH3 is 1. The lowest BCUT2D eigenvalue weighted by atomic mass is 10.1. The molecule has 1 heterocycles. The Kier molecular flexibility index (Phi) is 7.97. The summed E-state index contributed by atoms with van der Waals surface area (Å²) >= 11 is 0. The summed E-state index contributed by atoms with van der Waals surface area (Å²) in [6.45, 7) is 6.60. The zero-order valence-electron chi connectivity index (χ0n) is 12.2. The fourth-order valence-corrected chi connectivity index (χ4v) is 2.12. The molecule has 0 aromatic heterocycles. The van der Waals surface area contributed by atoms with Gasteiger partial charge in [0, 0.05) is 53.0 Å². The van der Waals surface area contributed by atoms with Gasteiger partial charge in [0.15, 0.2) is 0 Å². The van der Waals surface area contributed by atoms with Gasteiger partial charge in [0.1, 0.15) is 0 Å². The van der Waals surface area contributed by atoms with Crippen molar-refractivity contribution in [2.45, 2.75) is 18.9 Å². The predicted molar refractivity (Wildman–Crippen MR) is 76.0 cm³/mol. The highest BCUT2D eigenvalue weighted by Crippen LogP contribution is 1.98. The minimum absolute atomic E-state index is 0.0507. The van der Waals surface area contributed by atoms with Crippen molar-refractivity contribution in [2.75, 3.05) is 60.0 Å². The lowest BCUT2D eigenvalue weighted by Crippen LogP contribution is -2.48. The van der Waals surface area contributed by atoms with Gasteiger partial charge in [-0.05, 0) is 19.9 Å². The van der Waals surface area contributed by atoms with Gasteiger partial charge < -0.3 is 20.7 Å². The number of hydrogen-bond donors (Lipinski definition) is 2. The fourth-order valence-electron chi connectivity index (χ4n) is 2.12. The van der Waals surface area contributed by atoms with E-state index in [-0.39, 0.29) is 5.91 Å². The SMILES string of the molecule is COCCCC(N)C(=O)NCCN1CCN(C)CC1. The third kappa shape index (κ3) is 6.87. The van der Waals surface area contributed by atoms with Crippen molar-refractivity contribution in [3.63, 3.8) is 0 Å². The van der Waals surface area contributed by atoms with E-state index in [0.29, 0.717) is 19.6 Å². The monoisotopic (exact) mass is 272 g/mol. The molecule has 0 aromatic rings. The number of nitrogens with zero attached hydrogens (tertiary/aromatic N) is 2. The second-order valence-electron chi connectivity index (χ2n) is 5.18. The molecule has 1 aliphatic rings. The zero-order valence-corrected chi connectivity index (χ0v) is 12.2. The Morgan fingerprint density at radius 2 is 2.05 bits per heavy atom. The number of carbonyl (C=O) groups excluding carboxylic acids is 1. The van der Waals surface area contributed by atoms with Crippen molar-refractivity contribution in [3.8, 4) is 0 Å². The number of hydrogen-bond acceptors (Lipinski definition) is 5. The molecule has 0 radical (unpaired) electrons. The van der Waals surface area contributed by atoms with E-state index in [2.05, 4.69) is 22.2 Å². The van der Waals surface area contributed by atoms with Crippen LogP contribution < -0.4 is 11.1 Å². The highest BCUT2D eigenvalue weighted by molar-refractivity contribution is 5.81. The van der Waals surface area contributed by atoms with Gasteiger partial charge in [-0.2, -0.15) is 0 Å². The average Bonchev–Trinajstić information content (AvgIpc) is 2.41. The molecule has 1 unspecified atom stereocenters. The molecule has 0 aromatic carbocycles. The first-order chi connectivity index (χ1) is 9.13. The number of amides is 1. The topological polar surface area (TPSA) is 70.8 Å². The molecule has 6 heteroatoms. The Hall–Kier alpha value is -0.690. The van der Waals surface area contributed by atoms with E-state index in [4.69, 9.17) is 10.5 Å². The summed E-state index contributed by atoms with van der Waals surface area (Å²) < 4.78 is 4.94. The van der Waals surface area contributed by atoms with Crippen LogP contribution in [0.2, 0.25) is 0 Å². The van der Waals surface area contributed by atoms with Crippen molar-refractivity contribution in [1.29, 1.82) is 0 Å². The molecule has 1 saturated heterocycles. The second-order valence-corrected chi connectivity index (χ2v) is 5.18. The highest BCUT2D eigenvalue weighted by Gasteiger charge is 2.15. The smallest absolute Gasteiger partial charge is 0.236 e. The van der Waals surface area contributed by atoms with Crippen LogP contribution in [0.25, 0.3) is 0 Å². The Balaban J connectivity index is 2.06. The van der Waals surface area contributed by atoms with Crippen molar-refractivity contribution in [2.24, 2.45) is 5.73 Å². The number of nitrogens with one attached hydrogen (secondary N) is 1. The van der Waals surface area contributed by atoms with Gasteiger partial charge >= 0.3 is 0 Å². The highest BCUT2D eigenvalue weighted by atomic mass is 16.5. The standard InChI is InChI=1S/C13H28N4O2/c1-16-7-9-17(10-8-16)6-5-15-13(18)12(14)4-3-11-19-2/h12H,3-11,14H2,1-2H3,(H,15,18). The maximum absolute atomic E-state index is 11.7. The van der Waals surface area contributed by atoms with Crippen LogP contribution in [-0.2, 0) is 9.53 Å². The summed E-state index contributed by atoms with van der Waals surface area (Å²) in [6, 6.07) is -0.414. The molecule has 1 fully saturated rings. The number of ether oxygens (including phenoxy) is 1. The maximum Gasteiger partial charge on any atom is 0.236 e. The van der Waals surface area contributed by atoms with Crippen molar-refractivity contribution >= 4 is 5.91 Å². The van der Waals surface area contributed by atoms with Crippen LogP contribution >= 0.6 is 0 Å². The largest absolute Gasteiger partial charge is 0.385 e. The number of likely N-dealkylation sites (N-methyl/N-ethyl adjacent to an activating group) is 1. The summed E-state index contributed by atoms with van der Waals surface area (Å²) in [4.78, 5) is 16.4. The molecule has 0 spiro atoms. The number of piperazine rings is 1. The van der Waals surface area contributed by atoms with Crippen molar-refractivity contribution in [3.05, 3.63) is 0 Å². The third-order valence-corrected chi connectivity index (χ3v) is 3.52. The van der Waals surface area contributed by atoms with Crippen LogP contribution in [0.5, 0.6) is 0 Å². The summed E-state index contributed by atoms with van der Waals surface area (Å²) in [5.74, 6) is -0.0507. The predicted octanol–water partition coefficient (Wildman–Crippen LogP) is -0.896. The first-order valence-electron chi connectivity index (χ1n) is 7.06. The minimum Gasteiger partial charge on any atom is -0.385 e. The first kappa shape index (κ1) is 16.4. The van der Waals surface area contributed by atoms with Gasteiger partial charge in [0.2, 0.25) is 5.91 Å². The molecule has 1 rings (SSSR count).